The molecule has 0 saturated carbocycles. The number of benzene rings is 2. The van der Waals surface area contributed by atoms with Gasteiger partial charge in [-0.25, -0.2) is 0 Å². The van der Waals surface area contributed by atoms with Gasteiger partial charge in [-0.2, -0.15) is 0 Å². The molecule has 0 aliphatic carbocycles. The lowest BCUT2D eigenvalue weighted by Crippen LogP contribution is -2.10. The van der Waals surface area contributed by atoms with Gasteiger partial charge in [-0.15, -0.1) is 0 Å². The number of aromatic amines is 3. The molecule has 11 heteroatoms. The highest BCUT2D eigenvalue weighted by Gasteiger charge is 2.30. The zero-order valence-electron chi connectivity index (χ0n) is 25.8. The maximum atomic E-state index is 12.5. The van der Waals surface area contributed by atoms with Gasteiger partial charge >= 0.3 is 0 Å². The van der Waals surface area contributed by atoms with Crippen molar-refractivity contribution >= 4 is 22.9 Å². The van der Waals surface area contributed by atoms with Crippen molar-refractivity contribution in [3.8, 4) is 0 Å². The molecule has 11 nitrogen and oxygen atoms in total. The molecule has 0 bridgehead atoms. The van der Waals surface area contributed by atoms with Crippen molar-refractivity contribution in [1.29, 1.82) is 0 Å². The van der Waals surface area contributed by atoms with Crippen LogP contribution in [0.2, 0.25) is 0 Å². The fraction of sp³-hybridized carbons (Fsp3) is 0.235. The third-order valence-corrected chi connectivity index (χ3v) is 8.46. The summed E-state index contributed by atoms with van der Waals surface area (Å²) in [5.41, 5.74) is 8.77. The highest BCUT2D eigenvalue weighted by molar-refractivity contribution is 5.97. The Kier molecular flexibility index (Phi) is 8.12. The number of nitrogens with one attached hydrogen (secondary N) is 3. The first kappa shape index (κ1) is 30.9. The van der Waals surface area contributed by atoms with Gasteiger partial charge in [0.1, 0.15) is 0 Å². The van der Waals surface area contributed by atoms with Crippen LogP contribution >= 0.6 is 0 Å². The summed E-state index contributed by atoms with van der Waals surface area (Å²) >= 11 is 0. The second-order valence-electron chi connectivity index (χ2n) is 11.4. The number of Topliss-reactive ketones (excluding diaryl/α,β-unsaturated/α-hetero) is 2. The van der Waals surface area contributed by atoms with Gasteiger partial charge in [-0.3, -0.25) is 29.8 Å². The number of nitro groups is 2. The van der Waals surface area contributed by atoms with E-state index >= 15 is 0 Å². The normalized spacial score (nSPS) is 12.6. The molecule has 3 heterocycles. The number of nitro benzene ring substituents is 2. The van der Waals surface area contributed by atoms with E-state index in [-0.39, 0.29) is 22.9 Å². The Morgan fingerprint density at radius 3 is 1.18 bits per heavy atom. The summed E-state index contributed by atoms with van der Waals surface area (Å²) < 4.78 is 0. The molecule has 3 aromatic heterocycles. The molecule has 5 rings (SSSR count). The SMILES string of the molecule is CC(=O)c1c(C)[nH]c(C(c2ccc([N+](=O)[O-])cc2)c2ccc(C(c3ccc([N+](=O)[O-])cc3)c3[nH]c(C)c(C(C)=O)c3C)[nH]2)c1C. The number of hydrogen-bond acceptors (Lipinski definition) is 6. The molecule has 0 radical (unpaired) electrons. The molecule has 2 atom stereocenters. The summed E-state index contributed by atoms with van der Waals surface area (Å²) in [6, 6.07) is 16.5. The highest BCUT2D eigenvalue weighted by Crippen LogP contribution is 2.40. The zero-order valence-corrected chi connectivity index (χ0v) is 25.8. The summed E-state index contributed by atoms with van der Waals surface area (Å²) in [5, 5.41) is 22.8. The van der Waals surface area contributed by atoms with Crippen LogP contribution < -0.4 is 0 Å². The molecule has 2 unspecified atom stereocenters. The van der Waals surface area contributed by atoms with Crippen LogP contribution in [-0.4, -0.2) is 36.4 Å². The van der Waals surface area contributed by atoms with Gasteiger partial charge in [0, 0.05) is 69.6 Å². The first-order chi connectivity index (χ1) is 21.3. The van der Waals surface area contributed by atoms with E-state index in [1.54, 1.807) is 24.3 Å². The average molecular weight is 608 g/mol. The molecule has 0 aliphatic rings. The van der Waals surface area contributed by atoms with E-state index in [0.717, 1.165) is 56.4 Å². The number of aryl methyl sites for hydroxylation is 2. The van der Waals surface area contributed by atoms with Crippen LogP contribution in [0.3, 0.4) is 0 Å². The van der Waals surface area contributed by atoms with Crippen molar-refractivity contribution in [3.63, 3.8) is 0 Å². The van der Waals surface area contributed by atoms with Crippen molar-refractivity contribution in [1.82, 2.24) is 15.0 Å². The average Bonchev–Trinajstić information content (AvgIpc) is 3.65. The van der Waals surface area contributed by atoms with Crippen LogP contribution in [0.5, 0.6) is 0 Å². The monoisotopic (exact) mass is 607 g/mol. The summed E-state index contributed by atoms with van der Waals surface area (Å²) in [7, 11) is 0. The lowest BCUT2D eigenvalue weighted by Gasteiger charge is -2.19. The fourth-order valence-electron chi connectivity index (χ4n) is 6.53. The second kappa shape index (κ2) is 11.8. The smallest absolute Gasteiger partial charge is 0.269 e. The third-order valence-electron chi connectivity index (χ3n) is 8.46. The quantitative estimate of drug-likeness (QED) is 0.0844. The Morgan fingerprint density at radius 1 is 0.578 bits per heavy atom. The number of aromatic nitrogens is 3. The number of carbonyl (C=O) groups excluding carboxylic acids is 2. The lowest BCUT2D eigenvalue weighted by atomic mass is 9.89. The molecule has 5 aromatic rings. The number of non-ortho nitro benzene ring substituents is 2. The van der Waals surface area contributed by atoms with E-state index in [1.807, 2.05) is 39.8 Å². The van der Waals surface area contributed by atoms with Crippen LogP contribution in [0.4, 0.5) is 11.4 Å². The van der Waals surface area contributed by atoms with Gasteiger partial charge in [-0.1, -0.05) is 24.3 Å². The van der Waals surface area contributed by atoms with E-state index in [1.165, 1.54) is 38.1 Å². The van der Waals surface area contributed by atoms with Crippen LogP contribution in [0.1, 0.15) is 103 Å². The van der Waals surface area contributed by atoms with Crippen molar-refractivity contribution in [3.05, 3.63) is 148 Å². The molecular weight excluding hydrogens is 574 g/mol. The largest absolute Gasteiger partial charge is 0.361 e. The van der Waals surface area contributed by atoms with Crippen molar-refractivity contribution < 1.29 is 19.4 Å². The highest BCUT2D eigenvalue weighted by atomic mass is 16.6. The Labute approximate surface area is 259 Å². The molecule has 45 heavy (non-hydrogen) atoms. The van der Waals surface area contributed by atoms with Crippen LogP contribution in [0, 0.1) is 47.9 Å². The lowest BCUT2D eigenvalue weighted by molar-refractivity contribution is -0.385. The predicted octanol–water partition coefficient (Wildman–Crippen LogP) is 7.49. The number of ketones is 2. The van der Waals surface area contributed by atoms with Crippen LogP contribution in [0.25, 0.3) is 0 Å². The van der Waals surface area contributed by atoms with Crippen LogP contribution in [0.15, 0.2) is 60.7 Å². The standard InChI is InChI=1S/C34H33N5O6/c1-17-29(21(5)40)19(3)35-33(17)31(23-7-11-25(12-8-23)38(42)43)27-15-16-28(37-27)32(24-9-13-26(14-10-24)39(44)45)34-18(2)30(22(6)41)20(4)36-34/h7-16,31-32,35-37H,1-6H3. The topological polar surface area (TPSA) is 168 Å². The second-order valence-corrected chi connectivity index (χ2v) is 11.4. The third kappa shape index (κ3) is 5.60. The predicted molar refractivity (Wildman–Crippen MR) is 169 cm³/mol. The number of hydrogen-bond donors (Lipinski definition) is 3. The molecule has 0 saturated heterocycles. The van der Waals surface area contributed by atoms with Gasteiger partial charge in [0.2, 0.25) is 0 Å². The fourth-order valence-corrected chi connectivity index (χ4v) is 6.53. The maximum Gasteiger partial charge on any atom is 0.269 e. The van der Waals surface area contributed by atoms with Gasteiger partial charge in [0.05, 0.1) is 21.7 Å². The van der Waals surface area contributed by atoms with Crippen molar-refractivity contribution in [2.75, 3.05) is 0 Å². The molecule has 3 N–H and O–H groups in total. The molecule has 0 aliphatic heterocycles. The molecule has 2 aromatic carbocycles. The molecule has 0 amide bonds. The van der Waals surface area contributed by atoms with E-state index in [4.69, 9.17) is 0 Å². The number of rotatable bonds is 10. The zero-order chi connectivity index (χ0) is 32.7. The Hall–Kier alpha value is -5.58. The Morgan fingerprint density at radius 2 is 0.911 bits per heavy atom. The summed E-state index contributed by atoms with van der Waals surface area (Å²) in [6.07, 6.45) is 0. The van der Waals surface area contributed by atoms with E-state index in [2.05, 4.69) is 15.0 Å². The minimum atomic E-state index is -0.450. The first-order valence-electron chi connectivity index (χ1n) is 14.4. The minimum Gasteiger partial charge on any atom is -0.361 e. The summed E-state index contributed by atoms with van der Waals surface area (Å²) in [4.78, 5) is 57.3. The van der Waals surface area contributed by atoms with Gasteiger partial charge in [0.15, 0.2) is 11.6 Å². The molecule has 0 fully saturated rings. The Balaban J connectivity index is 1.71. The van der Waals surface area contributed by atoms with E-state index in [0.29, 0.717) is 11.1 Å². The maximum absolute atomic E-state index is 12.5. The number of H-pyrrole nitrogens is 3. The summed E-state index contributed by atoms with van der Waals surface area (Å²) in [6.45, 7) is 10.5. The molecule has 0 spiro atoms. The van der Waals surface area contributed by atoms with Gasteiger partial charge in [0.25, 0.3) is 11.4 Å². The molecule has 230 valence electrons. The summed E-state index contributed by atoms with van der Waals surface area (Å²) in [5.74, 6) is -1.02. The molecular formula is C34H33N5O6. The number of carbonyl (C=O) groups is 2. The van der Waals surface area contributed by atoms with Crippen molar-refractivity contribution in [2.45, 2.75) is 53.4 Å². The number of nitrogens with zero attached hydrogens (tertiary/aromatic N) is 2. The van der Waals surface area contributed by atoms with E-state index < -0.39 is 21.7 Å². The Bertz CT molecular complexity index is 1820. The first-order valence-corrected chi connectivity index (χ1v) is 14.4. The van der Waals surface area contributed by atoms with E-state index in [9.17, 15) is 29.8 Å². The van der Waals surface area contributed by atoms with Crippen LogP contribution in [-0.2, 0) is 0 Å². The van der Waals surface area contributed by atoms with Gasteiger partial charge in [-0.05, 0) is 75.9 Å². The van der Waals surface area contributed by atoms with Crippen molar-refractivity contribution in [2.24, 2.45) is 0 Å². The minimum absolute atomic E-state index is 0.0365. The van der Waals surface area contributed by atoms with Gasteiger partial charge < -0.3 is 15.0 Å².